The zero-order valence-corrected chi connectivity index (χ0v) is 13.0. The van der Waals surface area contributed by atoms with Crippen molar-refractivity contribution < 1.29 is 13.2 Å². The van der Waals surface area contributed by atoms with Crippen LogP contribution in [0.4, 0.5) is 13.2 Å². The van der Waals surface area contributed by atoms with Gasteiger partial charge in [0.1, 0.15) is 0 Å². The number of halogens is 3. The van der Waals surface area contributed by atoms with Gasteiger partial charge in [0.2, 0.25) is 0 Å². The van der Waals surface area contributed by atoms with Gasteiger partial charge in [-0.25, -0.2) is 10.0 Å². The maximum atomic E-state index is 12.4. The van der Waals surface area contributed by atoms with E-state index in [0.717, 1.165) is 26.2 Å². The lowest BCUT2D eigenvalue weighted by Gasteiger charge is -2.48. The summed E-state index contributed by atoms with van der Waals surface area (Å²) in [6.45, 7) is 10.7. The molecule has 2 rings (SSSR count). The van der Waals surface area contributed by atoms with E-state index in [-0.39, 0.29) is 6.04 Å². The van der Waals surface area contributed by atoms with Gasteiger partial charge in [-0.2, -0.15) is 13.2 Å². The van der Waals surface area contributed by atoms with E-state index in [1.54, 1.807) is 6.92 Å². The molecule has 0 aromatic heterocycles. The molecule has 2 aliphatic rings. The molecule has 0 radical (unpaired) electrons. The van der Waals surface area contributed by atoms with E-state index in [0.29, 0.717) is 30.9 Å². The quantitative estimate of drug-likeness (QED) is 0.838. The molecule has 2 atom stereocenters. The summed E-state index contributed by atoms with van der Waals surface area (Å²) in [4.78, 5) is 1.83. The molecule has 1 N–H and O–H groups in total. The smallest absolute Gasteiger partial charge is 0.372 e. The van der Waals surface area contributed by atoms with Crippen LogP contribution in [-0.4, -0.2) is 72.4 Å². The second kappa shape index (κ2) is 6.54. The van der Waals surface area contributed by atoms with E-state index in [4.69, 9.17) is 0 Å². The molecule has 2 aliphatic heterocycles. The summed E-state index contributed by atoms with van der Waals surface area (Å²) < 4.78 is 37.3. The average molecular weight is 306 g/mol. The standard InChI is InChI=1S/C14H25F3N4/c1-11-9-20(5-4-18-11)21-7-6-19(10-13(21)3)12(2)8-14(15,16)17/h8,11,13,18H,4-7,9-10H2,1-3H3. The number of alkyl halides is 3. The molecular formula is C14H25F3N4. The second-order valence-electron chi connectivity index (χ2n) is 6.05. The molecule has 0 bridgehead atoms. The van der Waals surface area contributed by atoms with Crippen molar-refractivity contribution in [2.24, 2.45) is 0 Å². The van der Waals surface area contributed by atoms with Crippen molar-refractivity contribution in [3.8, 4) is 0 Å². The number of hydrogen-bond acceptors (Lipinski definition) is 4. The first kappa shape index (κ1) is 16.6. The predicted octanol–water partition coefficient (Wildman–Crippen LogP) is 1.67. The minimum atomic E-state index is -4.24. The van der Waals surface area contributed by atoms with Crippen LogP contribution < -0.4 is 5.32 Å². The third-order valence-corrected chi connectivity index (χ3v) is 4.17. The zero-order chi connectivity index (χ0) is 15.6. The minimum Gasteiger partial charge on any atom is -0.372 e. The Hall–Kier alpha value is -0.790. The molecule has 0 amide bonds. The Morgan fingerprint density at radius 3 is 2.43 bits per heavy atom. The van der Waals surface area contributed by atoms with Gasteiger partial charge in [-0.1, -0.05) is 0 Å². The van der Waals surface area contributed by atoms with Crippen LogP contribution in [0.5, 0.6) is 0 Å². The van der Waals surface area contributed by atoms with Crippen molar-refractivity contribution >= 4 is 0 Å². The van der Waals surface area contributed by atoms with Gasteiger partial charge in [-0.05, 0) is 20.8 Å². The van der Waals surface area contributed by atoms with Crippen LogP contribution in [0.2, 0.25) is 0 Å². The number of rotatable bonds is 2. The number of nitrogens with zero attached hydrogens (tertiary/aromatic N) is 3. The number of piperazine rings is 2. The van der Waals surface area contributed by atoms with Gasteiger partial charge < -0.3 is 10.2 Å². The lowest BCUT2D eigenvalue weighted by molar-refractivity contribution is -0.100. The molecule has 2 heterocycles. The highest BCUT2D eigenvalue weighted by Crippen LogP contribution is 2.23. The molecule has 0 aromatic carbocycles. The first-order valence-corrected chi connectivity index (χ1v) is 7.52. The van der Waals surface area contributed by atoms with Gasteiger partial charge in [-0.15, -0.1) is 0 Å². The highest BCUT2D eigenvalue weighted by atomic mass is 19.4. The van der Waals surface area contributed by atoms with E-state index in [9.17, 15) is 13.2 Å². The Morgan fingerprint density at radius 1 is 1.14 bits per heavy atom. The minimum absolute atomic E-state index is 0.223. The normalized spacial score (nSPS) is 30.8. The second-order valence-corrected chi connectivity index (χ2v) is 6.05. The van der Waals surface area contributed by atoms with Crippen LogP contribution in [0.25, 0.3) is 0 Å². The molecule has 2 saturated heterocycles. The van der Waals surface area contributed by atoms with Crippen molar-refractivity contribution in [2.75, 3.05) is 39.3 Å². The summed E-state index contributed by atoms with van der Waals surface area (Å²) in [6, 6.07) is 0.677. The summed E-state index contributed by atoms with van der Waals surface area (Å²) in [5.41, 5.74) is 0.308. The summed E-state index contributed by atoms with van der Waals surface area (Å²) in [6.07, 6.45) is -3.83. The van der Waals surface area contributed by atoms with E-state index in [1.807, 2.05) is 4.90 Å². The topological polar surface area (TPSA) is 21.8 Å². The van der Waals surface area contributed by atoms with E-state index < -0.39 is 6.18 Å². The van der Waals surface area contributed by atoms with Gasteiger partial charge in [0.05, 0.1) is 0 Å². The van der Waals surface area contributed by atoms with Crippen LogP contribution in [0.3, 0.4) is 0 Å². The van der Waals surface area contributed by atoms with Crippen molar-refractivity contribution in [3.63, 3.8) is 0 Å². The van der Waals surface area contributed by atoms with Gasteiger partial charge >= 0.3 is 6.18 Å². The van der Waals surface area contributed by atoms with E-state index in [2.05, 4.69) is 29.2 Å². The van der Waals surface area contributed by atoms with E-state index >= 15 is 0 Å². The number of hydrazine groups is 1. The average Bonchev–Trinajstić information content (AvgIpc) is 2.36. The highest BCUT2D eigenvalue weighted by Gasteiger charge is 2.31. The summed E-state index contributed by atoms with van der Waals surface area (Å²) in [5, 5.41) is 8.06. The Labute approximate surface area is 124 Å². The Bertz CT molecular complexity index is 383. The third-order valence-electron chi connectivity index (χ3n) is 4.17. The fourth-order valence-electron chi connectivity index (χ4n) is 3.16. The first-order valence-electron chi connectivity index (χ1n) is 7.52. The first-order chi connectivity index (χ1) is 9.76. The summed E-state index contributed by atoms with van der Waals surface area (Å²) in [5.74, 6) is 0. The molecule has 122 valence electrons. The van der Waals surface area contributed by atoms with Gasteiger partial charge in [0.25, 0.3) is 0 Å². The van der Waals surface area contributed by atoms with Crippen molar-refractivity contribution in [2.45, 2.75) is 39.0 Å². The third kappa shape index (κ3) is 4.59. The fourth-order valence-corrected chi connectivity index (χ4v) is 3.16. The van der Waals surface area contributed by atoms with Crippen LogP contribution in [0.15, 0.2) is 11.8 Å². The Balaban J connectivity index is 1.94. The molecule has 4 nitrogen and oxygen atoms in total. The molecule has 2 fully saturated rings. The van der Waals surface area contributed by atoms with E-state index in [1.165, 1.54) is 0 Å². The largest absolute Gasteiger partial charge is 0.411 e. The fraction of sp³-hybridized carbons (Fsp3) is 0.857. The lowest BCUT2D eigenvalue weighted by Crippen LogP contribution is -2.63. The van der Waals surface area contributed by atoms with Crippen molar-refractivity contribution in [3.05, 3.63) is 11.8 Å². The van der Waals surface area contributed by atoms with Crippen molar-refractivity contribution in [1.29, 1.82) is 0 Å². The molecule has 0 aromatic rings. The molecule has 0 aliphatic carbocycles. The molecule has 21 heavy (non-hydrogen) atoms. The SMILES string of the molecule is CC(=CC(F)(F)F)N1CCN(N2CCNC(C)C2)C(C)C1. The summed E-state index contributed by atoms with van der Waals surface area (Å²) in [7, 11) is 0. The highest BCUT2D eigenvalue weighted by molar-refractivity contribution is 5.03. The monoisotopic (exact) mass is 306 g/mol. The van der Waals surface area contributed by atoms with Crippen LogP contribution >= 0.6 is 0 Å². The van der Waals surface area contributed by atoms with Gasteiger partial charge in [-0.3, -0.25) is 0 Å². The van der Waals surface area contributed by atoms with Crippen LogP contribution in [-0.2, 0) is 0 Å². The zero-order valence-electron chi connectivity index (χ0n) is 13.0. The molecular weight excluding hydrogens is 281 g/mol. The number of nitrogens with one attached hydrogen (secondary N) is 1. The predicted molar refractivity (Wildman–Crippen MR) is 76.6 cm³/mol. The Kier molecular flexibility index (Phi) is 5.16. The van der Waals surface area contributed by atoms with Crippen LogP contribution in [0, 0.1) is 0 Å². The van der Waals surface area contributed by atoms with Gasteiger partial charge in [0.15, 0.2) is 0 Å². The lowest BCUT2D eigenvalue weighted by atomic mass is 10.2. The molecule has 0 saturated carbocycles. The van der Waals surface area contributed by atoms with Crippen LogP contribution in [0.1, 0.15) is 20.8 Å². The number of hydrogen-bond donors (Lipinski definition) is 1. The molecule has 7 heteroatoms. The maximum Gasteiger partial charge on any atom is 0.411 e. The maximum absolute atomic E-state index is 12.4. The molecule has 0 spiro atoms. The summed E-state index contributed by atoms with van der Waals surface area (Å²) >= 11 is 0. The van der Waals surface area contributed by atoms with Gasteiger partial charge in [0, 0.05) is 63.1 Å². The van der Waals surface area contributed by atoms with Crippen molar-refractivity contribution in [1.82, 2.24) is 20.2 Å². The number of allylic oxidation sites excluding steroid dienone is 2. The Morgan fingerprint density at radius 2 is 1.86 bits per heavy atom. The molecule has 2 unspecified atom stereocenters.